The first-order valence-electron chi connectivity index (χ1n) is 10.6. The van der Waals surface area contributed by atoms with E-state index < -0.39 is 11.6 Å². The number of amides is 1. The van der Waals surface area contributed by atoms with Crippen LogP contribution in [0.3, 0.4) is 0 Å². The zero-order valence-corrected chi connectivity index (χ0v) is 18.4. The lowest BCUT2D eigenvalue weighted by molar-refractivity contribution is 0.0927. The van der Waals surface area contributed by atoms with E-state index in [1.54, 1.807) is 23.6 Å². The lowest BCUT2D eigenvalue weighted by Crippen LogP contribution is -2.39. The molecule has 0 spiro atoms. The Labute approximate surface area is 190 Å². The highest BCUT2D eigenvalue weighted by Gasteiger charge is 2.20. The van der Waals surface area contributed by atoms with Gasteiger partial charge in [0.05, 0.1) is 11.3 Å². The summed E-state index contributed by atoms with van der Waals surface area (Å²) < 4.78 is 35.3. The molecule has 0 atom stereocenters. The maximum atomic E-state index is 14.0. The number of nitrogens with one attached hydrogen (secondary N) is 2. The summed E-state index contributed by atoms with van der Waals surface area (Å²) in [5.41, 5.74) is 8.70. The summed E-state index contributed by atoms with van der Waals surface area (Å²) in [5, 5.41) is 0. The van der Waals surface area contributed by atoms with Crippen LogP contribution in [0.15, 0.2) is 60.8 Å². The molecule has 2 N–H and O–H groups in total. The van der Waals surface area contributed by atoms with Crippen molar-refractivity contribution < 1.29 is 18.3 Å². The van der Waals surface area contributed by atoms with E-state index in [0.29, 0.717) is 29.3 Å². The SMILES string of the molecule is Cc1cc(OCc2c(F)cccc2F)c2nc(C)c(C(=O)NNCCc3ccccc3)n2c1. The number of carbonyl (C=O) groups is 1. The standard InChI is InChI=1S/C25H24F2N4O2/c1-16-13-22(33-15-19-20(26)9-6-10-21(19)27)24-29-17(2)23(31(24)14-16)25(32)30-28-12-11-18-7-4-3-5-8-18/h3-10,13-14,28H,11-12,15H2,1-2H3,(H,30,32). The van der Waals surface area contributed by atoms with E-state index in [0.717, 1.165) is 17.5 Å². The topological polar surface area (TPSA) is 67.7 Å². The van der Waals surface area contributed by atoms with Crippen LogP contribution < -0.4 is 15.6 Å². The number of hydrogen-bond acceptors (Lipinski definition) is 4. The van der Waals surface area contributed by atoms with Crippen molar-refractivity contribution >= 4 is 11.6 Å². The number of ether oxygens (including phenoxy) is 1. The first-order valence-corrected chi connectivity index (χ1v) is 10.6. The van der Waals surface area contributed by atoms with Gasteiger partial charge in [-0.25, -0.2) is 19.2 Å². The fourth-order valence-electron chi connectivity index (χ4n) is 3.61. The third-order valence-corrected chi connectivity index (χ3v) is 5.23. The Kier molecular flexibility index (Phi) is 6.65. The molecule has 0 fully saturated rings. The van der Waals surface area contributed by atoms with Crippen molar-refractivity contribution in [2.24, 2.45) is 0 Å². The fourth-order valence-corrected chi connectivity index (χ4v) is 3.61. The van der Waals surface area contributed by atoms with E-state index in [4.69, 9.17) is 4.74 Å². The fraction of sp³-hybridized carbons (Fsp3) is 0.200. The Bertz CT molecular complexity index is 1270. The first-order chi connectivity index (χ1) is 15.9. The number of aryl methyl sites for hydroxylation is 2. The van der Waals surface area contributed by atoms with Gasteiger partial charge < -0.3 is 4.74 Å². The van der Waals surface area contributed by atoms with E-state index in [-0.39, 0.29) is 18.1 Å². The summed E-state index contributed by atoms with van der Waals surface area (Å²) in [6.07, 6.45) is 2.53. The molecule has 2 aromatic heterocycles. The van der Waals surface area contributed by atoms with Gasteiger partial charge in [-0.05, 0) is 49.6 Å². The number of pyridine rings is 1. The number of benzene rings is 2. The third kappa shape index (κ3) is 5.01. The highest BCUT2D eigenvalue weighted by molar-refractivity contribution is 5.94. The summed E-state index contributed by atoms with van der Waals surface area (Å²) in [4.78, 5) is 17.3. The number of nitrogens with zero attached hydrogens (tertiary/aromatic N) is 2. The van der Waals surface area contributed by atoms with Gasteiger partial charge in [-0.3, -0.25) is 14.6 Å². The lowest BCUT2D eigenvalue weighted by Gasteiger charge is -2.11. The van der Waals surface area contributed by atoms with Crippen LogP contribution in [-0.4, -0.2) is 21.8 Å². The summed E-state index contributed by atoms with van der Waals surface area (Å²) >= 11 is 0. The number of hydrogen-bond donors (Lipinski definition) is 2. The number of halogens is 2. The minimum atomic E-state index is -0.681. The minimum Gasteiger partial charge on any atom is -0.485 e. The Hall–Kier alpha value is -3.78. The summed E-state index contributed by atoms with van der Waals surface area (Å²) in [6, 6.07) is 15.3. The average Bonchev–Trinajstić information content (AvgIpc) is 3.12. The normalized spacial score (nSPS) is 11.0. The first kappa shape index (κ1) is 22.4. The van der Waals surface area contributed by atoms with Crippen molar-refractivity contribution in [2.45, 2.75) is 26.9 Å². The van der Waals surface area contributed by atoms with Gasteiger partial charge in [0.1, 0.15) is 23.9 Å². The number of rotatable bonds is 8. The van der Waals surface area contributed by atoms with Crippen molar-refractivity contribution in [2.75, 3.05) is 6.54 Å². The van der Waals surface area contributed by atoms with Crippen LogP contribution in [0.25, 0.3) is 5.65 Å². The van der Waals surface area contributed by atoms with Gasteiger partial charge in [0.25, 0.3) is 5.91 Å². The highest BCUT2D eigenvalue weighted by Crippen LogP contribution is 2.26. The van der Waals surface area contributed by atoms with Crippen molar-refractivity contribution in [3.05, 3.63) is 101 Å². The molecule has 6 nitrogen and oxygen atoms in total. The number of fused-ring (bicyclic) bond motifs is 1. The van der Waals surface area contributed by atoms with Crippen LogP contribution in [0.5, 0.6) is 5.75 Å². The van der Waals surface area contributed by atoms with Gasteiger partial charge in [-0.1, -0.05) is 36.4 Å². The maximum absolute atomic E-state index is 14.0. The Morgan fingerprint density at radius 3 is 2.52 bits per heavy atom. The lowest BCUT2D eigenvalue weighted by atomic mass is 10.2. The molecule has 33 heavy (non-hydrogen) atoms. The van der Waals surface area contributed by atoms with Gasteiger partial charge in [-0.2, -0.15) is 0 Å². The molecule has 1 amide bonds. The third-order valence-electron chi connectivity index (χ3n) is 5.23. The molecule has 170 valence electrons. The van der Waals surface area contributed by atoms with Gasteiger partial charge >= 0.3 is 0 Å². The monoisotopic (exact) mass is 450 g/mol. The van der Waals surface area contributed by atoms with Crippen molar-refractivity contribution in [1.82, 2.24) is 20.2 Å². The maximum Gasteiger partial charge on any atom is 0.284 e. The zero-order valence-electron chi connectivity index (χ0n) is 18.4. The highest BCUT2D eigenvalue weighted by atomic mass is 19.1. The summed E-state index contributed by atoms with van der Waals surface area (Å²) in [5.74, 6) is -1.37. The molecule has 0 saturated heterocycles. The van der Waals surface area contributed by atoms with Gasteiger partial charge in [0.15, 0.2) is 11.4 Å². The van der Waals surface area contributed by atoms with E-state index in [1.807, 2.05) is 37.3 Å². The molecule has 4 rings (SSSR count). The number of carbonyl (C=O) groups excluding carboxylic acids is 1. The molecule has 2 heterocycles. The molecular formula is C25H24F2N4O2. The van der Waals surface area contributed by atoms with Crippen LogP contribution in [-0.2, 0) is 13.0 Å². The van der Waals surface area contributed by atoms with Crippen LogP contribution in [0, 0.1) is 25.5 Å². The molecule has 0 bridgehead atoms. The van der Waals surface area contributed by atoms with E-state index in [1.165, 1.54) is 18.2 Å². The van der Waals surface area contributed by atoms with E-state index in [2.05, 4.69) is 15.8 Å². The smallest absolute Gasteiger partial charge is 0.284 e. The van der Waals surface area contributed by atoms with Gasteiger partial charge in [0, 0.05) is 12.7 Å². The second-order valence-electron chi connectivity index (χ2n) is 7.73. The Morgan fingerprint density at radius 2 is 1.79 bits per heavy atom. The molecule has 0 unspecified atom stereocenters. The molecule has 0 aliphatic heterocycles. The predicted molar refractivity (Wildman–Crippen MR) is 121 cm³/mol. The molecule has 0 saturated carbocycles. The largest absolute Gasteiger partial charge is 0.485 e. The van der Waals surface area contributed by atoms with Crippen LogP contribution >= 0.6 is 0 Å². The molecule has 2 aromatic carbocycles. The van der Waals surface area contributed by atoms with Crippen LogP contribution in [0.2, 0.25) is 0 Å². The predicted octanol–water partition coefficient (Wildman–Crippen LogP) is 4.29. The number of aromatic nitrogens is 2. The van der Waals surface area contributed by atoms with Gasteiger partial charge in [-0.15, -0.1) is 0 Å². The molecule has 0 radical (unpaired) electrons. The molecule has 0 aliphatic rings. The van der Waals surface area contributed by atoms with Crippen molar-refractivity contribution in [3.63, 3.8) is 0 Å². The minimum absolute atomic E-state index is 0.166. The van der Waals surface area contributed by atoms with Gasteiger partial charge in [0.2, 0.25) is 0 Å². The zero-order chi connectivity index (χ0) is 23.4. The van der Waals surface area contributed by atoms with Crippen molar-refractivity contribution in [1.29, 1.82) is 0 Å². The number of hydrazine groups is 1. The molecule has 4 aromatic rings. The van der Waals surface area contributed by atoms with Crippen LogP contribution in [0.1, 0.15) is 32.9 Å². The molecule has 8 heteroatoms. The molecular weight excluding hydrogens is 426 g/mol. The molecule has 0 aliphatic carbocycles. The summed E-state index contributed by atoms with van der Waals surface area (Å²) in [6.45, 7) is 3.83. The second kappa shape index (κ2) is 9.79. The Balaban J connectivity index is 1.50. The van der Waals surface area contributed by atoms with E-state index in [9.17, 15) is 13.6 Å². The average molecular weight is 450 g/mol. The van der Waals surface area contributed by atoms with Crippen molar-refractivity contribution in [3.8, 4) is 5.75 Å². The van der Waals surface area contributed by atoms with Crippen LogP contribution in [0.4, 0.5) is 8.78 Å². The second-order valence-corrected chi connectivity index (χ2v) is 7.73. The quantitative estimate of drug-likeness (QED) is 0.311. The number of imidazole rings is 1. The summed E-state index contributed by atoms with van der Waals surface area (Å²) in [7, 11) is 0. The van der Waals surface area contributed by atoms with E-state index >= 15 is 0 Å². The Morgan fingerprint density at radius 1 is 1.06 bits per heavy atom.